The van der Waals surface area contributed by atoms with Gasteiger partial charge in [-0.3, -0.25) is 10.1 Å². The molecule has 3 heterocycles. The number of amides is 2. The van der Waals surface area contributed by atoms with Gasteiger partial charge in [0.25, 0.3) is 5.69 Å². The predicted molar refractivity (Wildman–Crippen MR) is 98.4 cm³/mol. The second-order valence-electron chi connectivity index (χ2n) is 7.03. The number of fused-ring (bicyclic) bond motifs is 1. The summed E-state index contributed by atoms with van der Waals surface area (Å²) in [5.74, 6) is 1.86. The number of urea groups is 1. The van der Waals surface area contributed by atoms with E-state index < -0.39 is 4.92 Å². The zero-order chi connectivity index (χ0) is 18.8. The number of hydrogen-bond donors (Lipinski definition) is 1. The molecule has 2 amide bonds. The lowest BCUT2D eigenvalue weighted by atomic mass is 10.0. The molecule has 0 unspecified atom stereocenters. The summed E-state index contributed by atoms with van der Waals surface area (Å²) >= 11 is 0. The van der Waals surface area contributed by atoms with Crippen LogP contribution in [0.25, 0.3) is 0 Å². The number of non-ortho nitro benzene ring substituents is 1. The maximum atomic E-state index is 12.9. The van der Waals surface area contributed by atoms with Crippen LogP contribution >= 0.6 is 0 Å². The van der Waals surface area contributed by atoms with Crippen molar-refractivity contribution in [2.45, 2.75) is 51.1 Å². The number of nitrogens with one attached hydrogen (secondary N) is 1. The van der Waals surface area contributed by atoms with E-state index in [1.165, 1.54) is 12.1 Å². The summed E-state index contributed by atoms with van der Waals surface area (Å²) in [6.07, 6.45) is 5.97. The van der Waals surface area contributed by atoms with E-state index in [0.29, 0.717) is 12.2 Å². The standard InChI is InChI=1S/C18H22N6O3/c25-18(19-13-6-5-7-14(12-13)24(26)27)22-10-3-1-8-15(22)17-21-20-16-9-2-4-11-23(16)17/h5-7,12,15H,1-4,8-11H2,(H,19,25)/t15-/m0/s1. The van der Waals surface area contributed by atoms with E-state index in [4.69, 9.17) is 0 Å². The number of rotatable bonds is 3. The summed E-state index contributed by atoms with van der Waals surface area (Å²) in [5.41, 5.74) is 0.372. The molecule has 0 bridgehead atoms. The first kappa shape index (κ1) is 17.4. The van der Waals surface area contributed by atoms with Gasteiger partial charge in [0.05, 0.1) is 11.0 Å². The molecule has 9 heteroatoms. The Balaban J connectivity index is 1.55. The molecule has 0 spiro atoms. The first-order chi connectivity index (χ1) is 13.1. The first-order valence-electron chi connectivity index (χ1n) is 9.37. The summed E-state index contributed by atoms with van der Waals surface area (Å²) in [7, 11) is 0. The van der Waals surface area contributed by atoms with E-state index in [1.54, 1.807) is 17.0 Å². The van der Waals surface area contributed by atoms with Crippen LogP contribution in [0.5, 0.6) is 0 Å². The molecular formula is C18H22N6O3. The molecule has 27 heavy (non-hydrogen) atoms. The molecule has 142 valence electrons. The SMILES string of the molecule is O=C(Nc1cccc([N+](=O)[O-])c1)N1CCCC[C@H]1c1nnc2n1CCCC2. The lowest BCUT2D eigenvalue weighted by Gasteiger charge is -2.35. The molecule has 1 fully saturated rings. The number of carbonyl (C=O) groups excluding carboxylic acids is 1. The maximum absolute atomic E-state index is 12.9. The van der Waals surface area contributed by atoms with Crippen molar-refractivity contribution < 1.29 is 9.72 Å². The van der Waals surface area contributed by atoms with E-state index in [0.717, 1.165) is 56.7 Å². The number of benzene rings is 1. The molecule has 1 N–H and O–H groups in total. The second-order valence-corrected chi connectivity index (χ2v) is 7.03. The number of aryl methyl sites for hydroxylation is 1. The topological polar surface area (TPSA) is 106 Å². The van der Waals surface area contributed by atoms with Gasteiger partial charge in [-0.2, -0.15) is 0 Å². The normalized spacial score (nSPS) is 19.4. The highest BCUT2D eigenvalue weighted by atomic mass is 16.6. The minimum atomic E-state index is -0.470. The minimum Gasteiger partial charge on any atom is -0.314 e. The number of nitro groups is 1. The Kier molecular flexibility index (Phi) is 4.74. The van der Waals surface area contributed by atoms with E-state index in [-0.39, 0.29) is 17.8 Å². The quantitative estimate of drug-likeness (QED) is 0.659. The fourth-order valence-corrected chi connectivity index (χ4v) is 3.91. The van der Waals surface area contributed by atoms with Crippen LogP contribution in [-0.4, -0.2) is 37.2 Å². The molecule has 0 radical (unpaired) electrons. The lowest BCUT2D eigenvalue weighted by Crippen LogP contribution is -2.42. The summed E-state index contributed by atoms with van der Waals surface area (Å²) in [5, 5.41) is 22.5. The van der Waals surface area contributed by atoms with Gasteiger partial charge in [0.15, 0.2) is 5.82 Å². The van der Waals surface area contributed by atoms with Crippen LogP contribution in [0.1, 0.15) is 49.8 Å². The highest BCUT2D eigenvalue weighted by molar-refractivity contribution is 5.90. The van der Waals surface area contributed by atoms with Gasteiger partial charge in [0, 0.05) is 37.3 Å². The van der Waals surface area contributed by atoms with Gasteiger partial charge in [0.2, 0.25) is 0 Å². The van der Waals surface area contributed by atoms with Crippen molar-refractivity contribution in [3.8, 4) is 0 Å². The van der Waals surface area contributed by atoms with Crippen molar-refractivity contribution in [3.63, 3.8) is 0 Å². The Hall–Kier alpha value is -2.97. The second kappa shape index (κ2) is 7.34. The Morgan fingerprint density at radius 2 is 2.04 bits per heavy atom. The van der Waals surface area contributed by atoms with Crippen LogP contribution in [0.3, 0.4) is 0 Å². The third-order valence-electron chi connectivity index (χ3n) is 5.26. The van der Waals surface area contributed by atoms with E-state index in [9.17, 15) is 14.9 Å². The zero-order valence-electron chi connectivity index (χ0n) is 15.0. The highest BCUT2D eigenvalue weighted by Gasteiger charge is 2.33. The van der Waals surface area contributed by atoms with E-state index >= 15 is 0 Å². The highest BCUT2D eigenvalue weighted by Crippen LogP contribution is 2.32. The van der Waals surface area contributed by atoms with Crippen LogP contribution in [0.4, 0.5) is 16.2 Å². The molecule has 2 aromatic rings. The van der Waals surface area contributed by atoms with Gasteiger partial charge in [-0.15, -0.1) is 10.2 Å². The number of aromatic nitrogens is 3. The van der Waals surface area contributed by atoms with Crippen molar-refractivity contribution in [2.75, 3.05) is 11.9 Å². The Morgan fingerprint density at radius 3 is 2.89 bits per heavy atom. The van der Waals surface area contributed by atoms with Crippen LogP contribution in [-0.2, 0) is 13.0 Å². The monoisotopic (exact) mass is 370 g/mol. The number of nitro benzene ring substituents is 1. The molecule has 1 saturated heterocycles. The fraction of sp³-hybridized carbons (Fsp3) is 0.500. The molecule has 1 aromatic carbocycles. The third-order valence-corrected chi connectivity index (χ3v) is 5.26. The summed E-state index contributed by atoms with van der Waals surface area (Å²) in [4.78, 5) is 25.2. The van der Waals surface area contributed by atoms with Crippen LogP contribution in [0.2, 0.25) is 0 Å². The molecule has 2 aliphatic rings. The number of hydrogen-bond acceptors (Lipinski definition) is 5. The Bertz CT molecular complexity index is 865. The summed E-state index contributed by atoms with van der Waals surface area (Å²) < 4.78 is 2.16. The van der Waals surface area contributed by atoms with Gasteiger partial charge < -0.3 is 14.8 Å². The third kappa shape index (κ3) is 3.49. The summed E-state index contributed by atoms with van der Waals surface area (Å²) in [6, 6.07) is 5.63. The zero-order valence-corrected chi connectivity index (χ0v) is 15.0. The lowest BCUT2D eigenvalue weighted by molar-refractivity contribution is -0.384. The molecule has 0 aliphatic carbocycles. The molecule has 1 aromatic heterocycles. The molecule has 2 aliphatic heterocycles. The molecule has 0 saturated carbocycles. The van der Waals surface area contributed by atoms with Crippen molar-refractivity contribution in [1.29, 1.82) is 0 Å². The Morgan fingerprint density at radius 1 is 1.19 bits per heavy atom. The number of piperidine rings is 1. The molecule has 1 atom stereocenters. The van der Waals surface area contributed by atoms with Gasteiger partial charge in [0.1, 0.15) is 5.82 Å². The fourth-order valence-electron chi connectivity index (χ4n) is 3.91. The Labute approximate surface area is 156 Å². The smallest absolute Gasteiger partial charge is 0.314 e. The van der Waals surface area contributed by atoms with Crippen molar-refractivity contribution in [2.24, 2.45) is 0 Å². The van der Waals surface area contributed by atoms with Crippen LogP contribution in [0.15, 0.2) is 24.3 Å². The molecule has 4 rings (SSSR count). The molecular weight excluding hydrogens is 348 g/mol. The molecule has 9 nitrogen and oxygen atoms in total. The minimum absolute atomic E-state index is 0.0467. The largest absolute Gasteiger partial charge is 0.322 e. The number of carbonyl (C=O) groups is 1. The maximum Gasteiger partial charge on any atom is 0.322 e. The van der Waals surface area contributed by atoms with Gasteiger partial charge in [-0.25, -0.2) is 4.79 Å². The van der Waals surface area contributed by atoms with E-state index in [1.807, 2.05) is 0 Å². The van der Waals surface area contributed by atoms with Gasteiger partial charge >= 0.3 is 6.03 Å². The predicted octanol–water partition coefficient (Wildman–Crippen LogP) is 3.28. The average Bonchev–Trinajstić information content (AvgIpc) is 3.12. The van der Waals surface area contributed by atoms with E-state index in [2.05, 4.69) is 20.1 Å². The number of anilines is 1. The average molecular weight is 370 g/mol. The van der Waals surface area contributed by atoms with Crippen LogP contribution < -0.4 is 5.32 Å². The van der Waals surface area contributed by atoms with Crippen LogP contribution in [0, 0.1) is 10.1 Å². The number of likely N-dealkylation sites (tertiary alicyclic amines) is 1. The van der Waals surface area contributed by atoms with Gasteiger partial charge in [-0.1, -0.05) is 6.07 Å². The number of nitrogens with zero attached hydrogens (tertiary/aromatic N) is 5. The van der Waals surface area contributed by atoms with Gasteiger partial charge in [-0.05, 0) is 38.2 Å². The van der Waals surface area contributed by atoms with Crippen molar-refractivity contribution >= 4 is 17.4 Å². The summed E-state index contributed by atoms with van der Waals surface area (Å²) in [6.45, 7) is 1.53. The first-order valence-corrected chi connectivity index (χ1v) is 9.37. The van der Waals surface area contributed by atoms with Crippen molar-refractivity contribution in [3.05, 3.63) is 46.0 Å². The van der Waals surface area contributed by atoms with Crippen molar-refractivity contribution in [1.82, 2.24) is 19.7 Å².